The van der Waals surface area contributed by atoms with Gasteiger partial charge < -0.3 is 25.0 Å². The molecule has 134 valence electrons. The fourth-order valence-corrected chi connectivity index (χ4v) is 3.08. The topological polar surface area (TPSA) is 48.0 Å². The molecule has 1 fully saturated rings. The Morgan fingerprint density at radius 2 is 1.80 bits per heavy atom. The standard InChI is InChI=1S/C20H27N3O2/c1-22(10-13-24)19-8-6-18(7-9-19)21-16-17-4-2-3-5-20(17)23-11-14-25-15-12-23/h2-9,21,24H,10-16H2,1H3. The van der Waals surface area contributed by atoms with Crippen molar-refractivity contribution < 1.29 is 9.84 Å². The van der Waals surface area contributed by atoms with Crippen LogP contribution in [-0.4, -0.2) is 51.6 Å². The second kappa shape index (κ2) is 8.74. The Hall–Kier alpha value is -2.24. The van der Waals surface area contributed by atoms with Crippen LogP contribution in [0.4, 0.5) is 17.1 Å². The lowest BCUT2D eigenvalue weighted by molar-refractivity contribution is 0.122. The molecule has 0 aromatic heterocycles. The fraction of sp³-hybridized carbons (Fsp3) is 0.400. The van der Waals surface area contributed by atoms with E-state index in [0.29, 0.717) is 6.54 Å². The molecule has 0 saturated carbocycles. The number of morpholine rings is 1. The van der Waals surface area contributed by atoms with E-state index in [2.05, 4.69) is 58.7 Å². The number of anilines is 3. The summed E-state index contributed by atoms with van der Waals surface area (Å²) in [5.74, 6) is 0. The number of hydrogen-bond donors (Lipinski definition) is 2. The number of nitrogens with zero attached hydrogens (tertiary/aromatic N) is 2. The number of hydrogen-bond acceptors (Lipinski definition) is 5. The molecule has 0 unspecified atom stereocenters. The first-order valence-electron chi connectivity index (χ1n) is 8.84. The van der Waals surface area contributed by atoms with Crippen molar-refractivity contribution in [3.63, 3.8) is 0 Å². The second-order valence-electron chi connectivity index (χ2n) is 6.27. The smallest absolute Gasteiger partial charge is 0.0642 e. The van der Waals surface area contributed by atoms with E-state index in [0.717, 1.165) is 44.2 Å². The van der Waals surface area contributed by atoms with Gasteiger partial charge in [-0.25, -0.2) is 0 Å². The molecule has 2 aromatic rings. The third kappa shape index (κ3) is 4.65. The summed E-state index contributed by atoms with van der Waals surface area (Å²) < 4.78 is 5.46. The number of nitrogens with one attached hydrogen (secondary N) is 1. The highest BCUT2D eigenvalue weighted by atomic mass is 16.5. The number of ether oxygens (including phenoxy) is 1. The molecular weight excluding hydrogens is 314 g/mol. The fourth-order valence-electron chi connectivity index (χ4n) is 3.08. The van der Waals surface area contributed by atoms with Crippen molar-refractivity contribution in [3.8, 4) is 0 Å². The first kappa shape index (κ1) is 17.6. The summed E-state index contributed by atoms with van der Waals surface area (Å²) in [4.78, 5) is 4.44. The molecule has 0 atom stereocenters. The van der Waals surface area contributed by atoms with Crippen LogP contribution in [0.2, 0.25) is 0 Å². The minimum Gasteiger partial charge on any atom is -0.395 e. The minimum atomic E-state index is 0.162. The van der Waals surface area contributed by atoms with Gasteiger partial charge >= 0.3 is 0 Å². The molecule has 0 radical (unpaired) electrons. The van der Waals surface area contributed by atoms with Crippen molar-refractivity contribution in [2.75, 3.05) is 61.6 Å². The van der Waals surface area contributed by atoms with Crippen LogP contribution in [0.3, 0.4) is 0 Å². The molecule has 1 aliphatic heterocycles. The molecule has 0 spiro atoms. The largest absolute Gasteiger partial charge is 0.395 e. The highest BCUT2D eigenvalue weighted by Gasteiger charge is 2.14. The molecule has 25 heavy (non-hydrogen) atoms. The summed E-state index contributed by atoms with van der Waals surface area (Å²) in [7, 11) is 1.98. The quantitative estimate of drug-likeness (QED) is 0.811. The molecule has 0 amide bonds. The van der Waals surface area contributed by atoms with Crippen molar-refractivity contribution in [3.05, 3.63) is 54.1 Å². The highest BCUT2D eigenvalue weighted by Crippen LogP contribution is 2.23. The highest BCUT2D eigenvalue weighted by molar-refractivity contribution is 5.58. The van der Waals surface area contributed by atoms with Gasteiger partial charge in [0.2, 0.25) is 0 Å². The summed E-state index contributed by atoms with van der Waals surface area (Å²) in [5.41, 5.74) is 4.79. The third-order valence-electron chi connectivity index (χ3n) is 4.57. The minimum absolute atomic E-state index is 0.162. The summed E-state index contributed by atoms with van der Waals surface area (Å²) in [5, 5.41) is 12.5. The van der Waals surface area contributed by atoms with Gasteiger partial charge in [-0.3, -0.25) is 0 Å². The third-order valence-corrected chi connectivity index (χ3v) is 4.57. The van der Waals surface area contributed by atoms with Crippen LogP contribution in [0.25, 0.3) is 0 Å². The zero-order valence-corrected chi connectivity index (χ0v) is 14.8. The number of benzene rings is 2. The van der Waals surface area contributed by atoms with Crippen molar-refractivity contribution in [1.29, 1.82) is 0 Å². The second-order valence-corrected chi connectivity index (χ2v) is 6.27. The number of para-hydroxylation sites is 1. The van der Waals surface area contributed by atoms with Gasteiger partial charge in [-0.05, 0) is 35.9 Å². The van der Waals surface area contributed by atoms with Crippen LogP contribution >= 0.6 is 0 Å². The first-order chi connectivity index (χ1) is 12.3. The Balaban J connectivity index is 1.63. The predicted molar refractivity (Wildman–Crippen MR) is 104 cm³/mol. The van der Waals surface area contributed by atoms with E-state index in [1.807, 2.05) is 11.9 Å². The Labute approximate surface area is 149 Å². The summed E-state index contributed by atoms with van der Waals surface area (Å²) >= 11 is 0. The summed E-state index contributed by atoms with van der Waals surface area (Å²) in [6, 6.07) is 16.9. The Morgan fingerprint density at radius 3 is 2.52 bits per heavy atom. The molecule has 5 nitrogen and oxygen atoms in total. The van der Waals surface area contributed by atoms with Crippen LogP contribution in [0.1, 0.15) is 5.56 Å². The van der Waals surface area contributed by atoms with Gasteiger partial charge in [0, 0.05) is 50.3 Å². The van der Waals surface area contributed by atoms with Crippen molar-refractivity contribution in [2.45, 2.75) is 6.54 Å². The number of aliphatic hydroxyl groups excluding tert-OH is 1. The van der Waals surface area contributed by atoms with E-state index < -0.39 is 0 Å². The molecule has 0 bridgehead atoms. The normalized spacial score (nSPS) is 14.4. The van der Waals surface area contributed by atoms with Gasteiger partial charge in [-0.15, -0.1) is 0 Å². The van der Waals surface area contributed by atoms with Crippen molar-refractivity contribution in [2.24, 2.45) is 0 Å². The van der Waals surface area contributed by atoms with Crippen LogP contribution in [-0.2, 0) is 11.3 Å². The van der Waals surface area contributed by atoms with Gasteiger partial charge in [-0.1, -0.05) is 18.2 Å². The van der Waals surface area contributed by atoms with E-state index in [-0.39, 0.29) is 6.61 Å². The molecule has 1 saturated heterocycles. The maximum atomic E-state index is 9.03. The van der Waals surface area contributed by atoms with E-state index in [1.54, 1.807) is 0 Å². The maximum Gasteiger partial charge on any atom is 0.0642 e. The molecule has 0 aliphatic carbocycles. The average molecular weight is 341 g/mol. The van der Waals surface area contributed by atoms with Crippen molar-refractivity contribution in [1.82, 2.24) is 0 Å². The van der Waals surface area contributed by atoms with Gasteiger partial charge in [0.05, 0.1) is 19.8 Å². The average Bonchev–Trinajstić information content (AvgIpc) is 2.68. The summed E-state index contributed by atoms with van der Waals surface area (Å²) in [6.07, 6.45) is 0. The van der Waals surface area contributed by atoms with Crippen molar-refractivity contribution >= 4 is 17.1 Å². The van der Waals surface area contributed by atoms with E-state index in [1.165, 1.54) is 11.3 Å². The monoisotopic (exact) mass is 341 g/mol. The van der Waals surface area contributed by atoms with Crippen LogP contribution in [0, 0.1) is 0 Å². The number of likely N-dealkylation sites (N-methyl/N-ethyl adjacent to an activating group) is 1. The molecule has 1 heterocycles. The van der Waals surface area contributed by atoms with E-state index >= 15 is 0 Å². The Bertz CT molecular complexity index is 654. The maximum absolute atomic E-state index is 9.03. The zero-order valence-electron chi connectivity index (χ0n) is 14.8. The van der Waals surface area contributed by atoms with Gasteiger partial charge in [-0.2, -0.15) is 0 Å². The van der Waals surface area contributed by atoms with E-state index in [4.69, 9.17) is 9.84 Å². The SMILES string of the molecule is CN(CCO)c1ccc(NCc2ccccc2N2CCOCC2)cc1. The van der Waals surface area contributed by atoms with Crippen LogP contribution < -0.4 is 15.1 Å². The molecule has 1 aliphatic rings. The zero-order chi connectivity index (χ0) is 17.5. The lowest BCUT2D eigenvalue weighted by atomic mass is 10.1. The Kier molecular flexibility index (Phi) is 6.14. The number of rotatable bonds is 7. The first-order valence-corrected chi connectivity index (χ1v) is 8.84. The Morgan fingerprint density at radius 1 is 1.08 bits per heavy atom. The van der Waals surface area contributed by atoms with Gasteiger partial charge in [0.1, 0.15) is 0 Å². The predicted octanol–water partition coefficient (Wildman–Crippen LogP) is 2.56. The number of aliphatic hydroxyl groups is 1. The lowest BCUT2D eigenvalue weighted by Crippen LogP contribution is -2.36. The molecular formula is C20H27N3O2. The molecule has 5 heteroatoms. The molecule has 3 rings (SSSR count). The van der Waals surface area contributed by atoms with Gasteiger partial charge in [0.25, 0.3) is 0 Å². The lowest BCUT2D eigenvalue weighted by Gasteiger charge is -2.30. The summed E-state index contributed by atoms with van der Waals surface area (Å²) in [6.45, 7) is 5.08. The van der Waals surface area contributed by atoms with Gasteiger partial charge in [0.15, 0.2) is 0 Å². The van der Waals surface area contributed by atoms with Crippen LogP contribution in [0.5, 0.6) is 0 Å². The van der Waals surface area contributed by atoms with Crippen LogP contribution in [0.15, 0.2) is 48.5 Å². The van der Waals surface area contributed by atoms with E-state index in [9.17, 15) is 0 Å². The molecule has 2 aromatic carbocycles. The molecule has 2 N–H and O–H groups in total.